The number of carbonyl (C=O) groups excluding carboxylic acids is 1. The van der Waals surface area contributed by atoms with Crippen molar-refractivity contribution in [3.8, 4) is 0 Å². The Labute approximate surface area is 101 Å². The molecular formula is C10H13BrN2OS. The number of carbonyl (C=O) groups is 1. The third kappa shape index (κ3) is 2.80. The summed E-state index contributed by atoms with van der Waals surface area (Å²) < 4.78 is 1.17. The molecule has 1 aromatic heterocycles. The molecule has 0 aromatic carbocycles. The predicted octanol–water partition coefficient (Wildman–Crippen LogP) is 1.80. The van der Waals surface area contributed by atoms with E-state index in [4.69, 9.17) is 0 Å². The van der Waals surface area contributed by atoms with Crippen molar-refractivity contribution >= 4 is 33.2 Å². The van der Waals surface area contributed by atoms with Gasteiger partial charge in [-0.05, 0) is 28.9 Å². The third-order valence-corrected chi connectivity index (χ3v) is 4.59. The molecule has 1 amide bonds. The quantitative estimate of drug-likeness (QED) is 0.891. The minimum Gasteiger partial charge on any atom is -0.354 e. The molecule has 1 aliphatic heterocycles. The van der Waals surface area contributed by atoms with E-state index >= 15 is 0 Å². The number of rotatable bonds is 3. The standard InChI is InChI=1S/C10H13BrN2OS/c1-6-9(11)3-8(15-6)5-12-7-2-10(14)13-4-7/h3,7,12H,2,4-5H2,1H3,(H,13,14). The van der Waals surface area contributed by atoms with E-state index in [2.05, 4.69) is 39.6 Å². The van der Waals surface area contributed by atoms with Gasteiger partial charge in [0.05, 0.1) is 0 Å². The minimum absolute atomic E-state index is 0.149. The minimum atomic E-state index is 0.149. The van der Waals surface area contributed by atoms with Crippen LogP contribution in [0.15, 0.2) is 10.5 Å². The van der Waals surface area contributed by atoms with Crippen LogP contribution < -0.4 is 10.6 Å². The number of halogens is 1. The summed E-state index contributed by atoms with van der Waals surface area (Å²) in [6.07, 6.45) is 0.603. The molecule has 0 radical (unpaired) electrons. The van der Waals surface area contributed by atoms with Crippen molar-refractivity contribution in [1.29, 1.82) is 0 Å². The molecule has 0 saturated carbocycles. The second-order valence-electron chi connectivity index (χ2n) is 3.70. The Balaban J connectivity index is 1.85. The lowest BCUT2D eigenvalue weighted by atomic mass is 10.2. The smallest absolute Gasteiger partial charge is 0.221 e. The molecular weight excluding hydrogens is 276 g/mol. The SMILES string of the molecule is Cc1sc(CNC2CNC(=O)C2)cc1Br. The Morgan fingerprint density at radius 1 is 1.73 bits per heavy atom. The lowest BCUT2D eigenvalue weighted by molar-refractivity contribution is -0.119. The van der Waals surface area contributed by atoms with Gasteiger partial charge in [0, 0.05) is 39.8 Å². The van der Waals surface area contributed by atoms with E-state index in [9.17, 15) is 4.79 Å². The first-order chi connectivity index (χ1) is 7.15. The summed E-state index contributed by atoms with van der Waals surface area (Å²) >= 11 is 5.28. The van der Waals surface area contributed by atoms with Gasteiger partial charge in [-0.2, -0.15) is 0 Å². The second-order valence-corrected chi connectivity index (χ2v) is 5.90. The van der Waals surface area contributed by atoms with Crippen LogP contribution in [0.5, 0.6) is 0 Å². The van der Waals surface area contributed by atoms with Gasteiger partial charge >= 0.3 is 0 Å². The molecule has 1 fully saturated rings. The van der Waals surface area contributed by atoms with Crippen LogP contribution in [0.4, 0.5) is 0 Å². The summed E-state index contributed by atoms with van der Waals surface area (Å²) in [6, 6.07) is 2.43. The molecule has 2 N–H and O–H groups in total. The molecule has 0 aliphatic carbocycles. The zero-order valence-electron chi connectivity index (χ0n) is 8.47. The molecule has 1 unspecified atom stereocenters. The fourth-order valence-electron chi connectivity index (χ4n) is 1.60. The van der Waals surface area contributed by atoms with E-state index in [1.54, 1.807) is 11.3 Å². The lowest BCUT2D eigenvalue weighted by Gasteiger charge is -2.08. The maximum absolute atomic E-state index is 11.0. The first-order valence-electron chi connectivity index (χ1n) is 4.90. The highest BCUT2D eigenvalue weighted by atomic mass is 79.9. The number of hydrogen-bond acceptors (Lipinski definition) is 3. The molecule has 1 aliphatic rings. The Kier molecular flexibility index (Phi) is 3.43. The molecule has 15 heavy (non-hydrogen) atoms. The average Bonchev–Trinajstić information content (AvgIpc) is 2.72. The molecule has 1 atom stereocenters. The van der Waals surface area contributed by atoms with Gasteiger partial charge in [0.2, 0.25) is 5.91 Å². The molecule has 1 saturated heterocycles. The number of hydrogen-bond donors (Lipinski definition) is 2. The highest BCUT2D eigenvalue weighted by molar-refractivity contribution is 9.10. The largest absolute Gasteiger partial charge is 0.354 e. The van der Waals surface area contributed by atoms with Crippen LogP contribution in [0.2, 0.25) is 0 Å². The summed E-state index contributed by atoms with van der Waals surface area (Å²) in [4.78, 5) is 13.6. The highest BCUT2D eigenvalue weighted by Crippen LogP contribution is 2.26. The summed E-state index contributed by atoms with van der Waals surface area (Å²) in [5.74, 6) is 0.149. The molecule has 2 heterocycles. The summed E-state index contributed by atoms with van der Waals surface area (Å²) in [5, 5.41) is 6.19. The third-order valence-electron chi connectivity index (χ3n) is 2.45. The Bertz CT molecular complexity index is 358. The van der Waals surface area contributed by atoms with Crippen molar-refractivity contribution < 1.29 is 4.79 Å². The molecule has 5 heteroatoms. The first kappa shape index (κ1) is 11.1. The van der Waals surface area contributed by atoms with E-state index in [0.717, 1.165) is 13.1 Å². The molecule has 0 spiro atoms. The van der Waals surface area contributed by atoms with Crippen LogP contribution in [0.25, 0.3) is 0 Å². The maximum atomic E-state index is 11.0. The van der Waals surface area contributed by atoms with Gasteiger partial charge in [0.25, 0.3) is 0 Å². The van der Waals surface area contributed by atoms with Crippen molar-refractivity contribution in [2.75, 3.05) is 6.54 Å². The van der Waals surface area contributed by atoms with Gasteiger partial charge in [-0.15, -0.1) is 11.3 Å². The van der Waals surface area contributed by atoms with Gasteiger partial charge in [0.1, 0.15) is 0 Å². The predicted molar refractivity (Wildman–Crippen MR) is 65.0 cm³/mol. The van der Waals surface area contributed by atoms with Crippen molar-refractivity contribution in [3.63, 3.8) is 0 Å². The van der Waals surface area contributed by atoms with Gasteiger partial charge in [0.15, 0.2) is 0 Å². The molecule has 82 valence electrons. The first-order valence-corrected chi connectivity index (χ1v) is 6.51. The van der Waals surface area contributed by atoms with Gasteiger partial charge in [-0.1, -0.05) is 0 Å². The fraction of sp³-hybridized carbons (Fsp3) is 0.500. The highest BCUT2D eigenvalue weighted by Gasteiger charge is 2.20. The van der Waals surface area contributed by atoms with Crippen molar-refractivity contribution in [3.05, 3.63) is 20.3 Å². The number of thiophene rings is 1. The summed E-state index contributed by atoms with van der Waals surface area (Å²) in [6.45, 7) is 3.69. The van der Waals surface area contributed by atoms with Crippen LogP contribution in [-0.2, 0) is 11.3 Å². The van der Waals surface area contributed by atoms with Crippen LogP contribution in [0.1, 0.15) is 16.2 Å². The molecule has 1 aromatic rings. The number of aryl methyl sites for hydroxylation is 1. The summed E-state index contributed by atoms with van der Waals surface area (Å²) in [5.41, 5.74) is 0. The normalized spacial score (nSPS) is 20.7. The van der Waals surface area contributed by atoms with Gasteiger partial charge in [-0.25, -0.2) is 0 Å². The van der Waals surface area contributed by atoms with Crippen LogP contribution >= 0.6 is 27.3 Å². The Morgan fingerprint density at radius 2 is 2.53 bits per heavy atom. The molecule has 3 nitrogen and oxygen atoms in total. The van der Waals surface area contributed by atoms with Crippen molar-refractivity contribution in [2.24, 2.45) is 0 Å². The summed E-state index contributed by atoms with van der Waals surface area (Å²) in [7, 11) is 0. The van der Waals surface area contributed by atoms with Crippen molar-refractivity contribution in [1.82, 2.24) is 10.6 Å². The van der Waals surface area contributed by atoms with Crippen LogP contribution in [-0.4, -0.2) is 18.5 Å². The van der Waals surface area contributed by atoms with E-state index in [1.807, 2.05) is 0 Å². The maximum Gasteiger partial charge on any atom is 0.221 e. The van der Waals surface area contributed by atoms with E-state index in [0.29, 0.717) is 12.5 Å². The monoisotopic (exact) mass is 288 g/mol. The van der Waals surface area contributed by atoms with Crippen LogP contribution in [0, 0.1) is 6.92 Å². The van der Waals surface area contributed by atoms with Crippen molar-refractivity contribution in [2.45, 2.75) is 25.9 Å². The van der Waals surface area contributed by atoms with E-state index in [-0.39, 0.29) is 5.91 Å². The van der Waals surface area contributed by atoms with Gasteiger partial charge in [-0.3, -0.25) is 4.79 Å². The fourth-order valence-corrected chi connectivity index (χ4v) is 3.15. The lowest BCUT2D eigenvalue weighted by Crippen LogP contribution is -2.30. The second kappa shape index (κ2) is 4.63. The van der Waals surface area contributed by atoms with E-state index in [1.165, 1.54) is 14.2 Å². The Hall–Kier alpha value is -0.390. The topological polar surface area (TPSA) is 41.1 Å². The number of nitrogens with one attached hydrogen (secondary N) is 2. The number of amides is 1. The zero-order valence-corrected chi connectivity index (χ0v) is 10.9. The average molecular weight is 289 g/mol. The zero-order chi connectivity index (χ0) is 10.8. The molecule has 0 bridgehead atoms. The Morgan fingerprint density at radius 3 is 3.07 bits per heavy atom. The van der Waals surface area contributed by atoms with Gasteiger partial charge < -0.3 is 10.6 Å². The molecule has 2 rings (SSSR count). The van der Waals surface area contributed by atoms with E-state index < -0.39 is 0 Å². The van der Waals surface area contributed by atoms with Crippen LogP contribution in [0.3, 0.4) is 0 Å².